The molecule has 0 aliphatic rings. The highest BCUT2D eigenvalue weighted by atomic mass is 79.9. The van der Waals surface area contributed by atoms with Crippen molar-refractivity contribution < 1.29 is 18.0 Å². The molecule has 2 amide bonds. The lowest BCUT2D eigenvalue weighted by Gasteiger charge is -2.32. The zero-order valence-corrected chi connectivity index (χ0v) is 25.3. The highest BCUT2D eigenvalue weighted by molar-refractivity contribution is 9.10. The Morgan fingerprint density at radius 1 is 0.949 bits per heavy atom. The van der Waals surface area contributed by atoms with Crippen molar-refractivity contribution in [3.63, 3.8) is 0 Å². The average molecular weight is 615 g/mol. The van der Waals surface area contributed by atoms with E-state index in [1.54, 1.807) is 43.3 Å². The van der Waals surface area contributed by atoms with E-state index in [-0.39, 0.29) is 17.3 Å². The summed E-state index contributed by atoms with van der Waals surface area (Å²) in [6.45, 7) is 7.76. The third kappa shape index (κ3) is 8.16. The molecule has 1 atom stereocenters. The van der Waals surface area contributed by atoms with Crippen LogP contribution >= 0.6 is 15.9 Å². The molecule has 39 heavy (non-hydrogen) atoms. The number of amides is 2. The number of sulfonamides is 1. The Morgan fingerprint density at radius 2 is 1.64 bits per heavy atom. The minimum absolute atomic E-state index is 0.0801. The van der Waals surface area contributed by atoms with E-state index in [4.69, 9.17) is 0 Å². The van der Waals surface area contributed by atoms with Gasteiger partial charge in [-0.25, -0.2) is 8.42 Å². The van der Waals surface area contributed by atoms with Gasteiger partial charge in [-0.05, 0) is 63.1 Å². The molecule has 0 aliphatic heterocycles. The van der Waals surface area contributed by atoms with Gasteiger partial charge in [0, 0.05) is 17.6 Å². The predicted octanol–water partition coefficient (Wildman–Crippen LogP) is 5.59. The van der Waals surface area contributed by atoms with E-state index in [0.717, 1.165) is 33.8 Å². The number of nitrogens with one attached hydrogen (secondary N) is 1. The number of aryl methyl sites for hydroxylation is 2. The van der Waals surface area contributed by atoms with E-state index in [2.05, 4.69) is 21.2 Å². The van der Waals surface area contributed by atoms with E-state index in [1.807, 2.05) is 45.0 Å². The van der Waals surface area contributed by atoms with Crippen molar-refractivity contribution in [3.05, 3.63) is 94.0 Å². The van der Waals surface area contributed by atoms with Gasteiger partial charge in [0.05, 0.1) is 10.6 Å². The molecule has 0 radical (unpaired) electrons. The van der Waals surface area contributed by atoms with Crippen LogP contribution in [-0.4, -0.2) is 44.3 Å². The Hall–Kier alpha value is -3.17. The van der Waals surface area contributed by atoms with Gasteiger partial charge < -0.3 is 10.2 Å². The first-order chi connectivity index (χ1) is 18.5. The normalized spacial score (nSPS) is 12.0. The second kappa shape index (κ2) is 13.8. The molecule has 0 spiro atoms. The van der Waals surface area contributed by atoms with Crippen LogP contribution in [0, 0.1) is 13.8 Å². The number of unbranched alkanes of at least 4 members (excludes halogenated alkanes) is 1. The molecule has 3 rings (SSSR count). The molecule has 0 saturated heterocycles. The predicted molar refractivity (Wildman–Crippen MR) is 159 cm³/mol. The first-order valence-electron chi connectivity index (χ1n) is 13.0. The van der Waals surface area contributed by atoms with Gasteiger partial charge in [-0.3, -0.25) is 13.9 Å². The molecule has 3 aromatic carbocycles. The maximum absolute atomic E-state index is 13.9. The van der Waals surface area contributed by atoms with Gasteiger partial charge in [0.15, 0.2) is 0 Å². The number of carbonyl (C=O) groups is 2. The lowest BCUT2D eigenvalue weighted by Crippen LogP contribution is -2.51. The van der Waals surface area contributed by atoms with Gasteiger partial charge >= 0.3 is 0 Å². The van der Waals surface area contributed by atoms with Gasteiger partial charge in [-0.2, -0.15) is 0 Å². The lowest BCUT2D eigenvalue weighted by atomic mass is 10.1. The minimum Gasteiger partial charge on any atom is -0.354 e. The third-order valence-electron chi connectivity index (χ3n) is 6.42. The second-order valence-electron chi connectivity index (χ2n) is 9.64. The van der Waals surface area contributed by atoms with E-state index < -0.39 is 28.5 Å². The highest BCUT2D eigenvalue weighted by Gasteiger charge is 2.32. The highest BCUT2D eigenvalue weighted by Crippen LogP contribution is 2.27. The molecule has 0 fully saturated rings. The summed E-state index contributed by atoms with van der Waals surface area (Å²) in [7, 11) is -4.09. The molecular weight excluding hydrogens is 578 g/mol. The second-order valence-corrected chi connectivity index (χ2v) is 12.4. The van der Waals surface area contributed by atoms with Crippen LogP contribution in [0.2, 0.25) is 0 Å². The molecule has 1 N–H and O–H groups in total. The smallest absolute Gasteiger partial charge is 0.264 e. The summed E-state index contributed by atoms with van der Waals surface area (Å²) < 4.78 is 29.5. The summed E-state index contributed by atoms with van der Waals surface area (Å²) in [5.41, 5.74) is 3.14. The van der Waals surface area contributed by atoms with Crippen molar-refractivity contribution in [3.8, 4) is 0 Å². The van der Waals surface area contributed by atoms with Gasteiger partial charge in [0.25, 0.3) is 10.0 Å². The number of carbonyl (C=O) groups excluding carboxylic acids is 2. The molecule has 7 nitrogen and oxygen atoms in total. The summed E-state index contributed by atoms with van der Waals surface area (Å²) in [5, 5.41) is 2.90. The number of hydrogen-bond donors (Lipinski definition) is 1. The van der Waals surface area contributed by atoms with Crippen molar-refractivity contribution in [1.82, 2.24) is 10.2 Å². The monoisotopic (exact) mass is 613 g/mol. The Morgan fingerprint density at radius 3 is 2.28 bits per heavy atom. The fraction of sp³-hybridized carbons (Fsp3) is 0.333. The van der Waals surface area contributed by atoms with Crippen LogP contribution < -0.4 is 9.62 Å². The van der Waals surface area contributed by atoms with Crippen molar-refractivity contribution in [2.24, 2.45) is 0 Å². The van der Waals surface area contributed by atoms with Crippen LogP contribution in [0.25, 0.3) is 0 Å². The van der Waals surface area contributed by atoms with Gasteiger partial charge in [-0.15, -0.1) is 0 Å². The number of halogens is 1. The maximum atomic E-state index is 13.9. The Labute approximate surface area is 240 Å². The van der Waals surface area contributed by atoms with Crippen molar-refractivity contribution >= 4 is 43.5 Å². The lowest BCUT2D eigenvalue weighted by molar-refractivity contribution is -0.139. The average Bonchev–Trinajstić information content (AvgIpc) is 2.90. The van der Waals surface area contributed by atoms with E-state index in [9.17, 15) is 18.0 Å². The Bertz CT molecular complexity index is 1390. The molecular formula is C30H36BrN3O4S. The number of nitrogens with zero attached hydrogens (tertiary/aromatic N) is 2. The van der Waals surface area contributed by atoms with Crippen LogP contribution in [0.5, 0.6) is 0 Å². The van der Waals surface area contributed by atoms with E-state index in [1.165, 1.54) is 17.0 Å². The van der Waals surface area contributed by atoms with Crippen LogP contribution in [0.3, 0.4) is 0 Å². The van der Waals surface area contributed by atoms with Crippen molar-refractivity contribution in [2.75, 3.05) is 17.4 Å². The minimum atomic E-state index is -4.09. The zero-order chi connectivity index (χ0) is 28.6. The SMILES string of the molecule is CCCCNC(=O)C(C)N(Cc1cccc(C)c1)C(=O)CN(c1cccc(Br)c1)S(=O)(=O)c1ccc(C)cc1. The number of benzene rings is 3. The van der Waals surface area contributed by atoms with Crippen molar-refractivity contribution in [2.45, 2.75) is 58.0 Å². The summed E-state index contributed by atoms with van der Waals surface area (Å²) in [6, 6.07) is 20.2. The van der Waals surface area contributed by atoms with Crippen LogP contribution in [0.1, 0.15) is 43.4 Å². The molecule has 0 saturated carbocycles. The first kappa shape index (κ1) is 30.4. The Balaban J connectivity index is 2.00. The molecule has 208 valence electrons. The molecule has 1 unspecified atom stereocenters. The molecule has 0 heterocycles. The van der Waals surface area contributed by atoms with Gasteiger partial charge in [-0.1, -0.05) is 82.9 Å². The summed E-state index contributed by atoms with van der Waals surface area (Å²) in [4.78, 5) is 28.5. The number of anilines is 1. The van der Waals surface area contributed by atoms with Crippen LogP contribution in [-0.2, 0) is 26.2 Å². The largest absolute Gasteiger partial charge is 0.354 e. The number of hydrogen-bond acceptors (Lipinski definition) is 4. The fourth-order valence-electron chi connectivity index (χ4n) is 4.12. The van der Waals surface area contributed by atoms with E-state index >= 15 is 0 Å². The molecule has 0 aromatic heterocycles. The Kier molecular flexibility index (Phi) is 10.7. The summed E-state index contributed by atoms with van der Waals surface area (Å²) in [5.74, 6) is -0.759. The molecule has 0 aliphatic carbocycles. The topological polar surface area (TPSA) is 86.8 Å². The molecule has 3 aromatic rings. The van der Waals surface area contributed by atoms with Crippen molar-refractivity contribution in [1.29, 1.82) is 0 Å². The first-order valence-corrected chi connectivity index (χ1v) is 15.2. The molecule has 9 heteroatoms. The summed E-state index contributed by atoms with van der Waals surface area (Å²) in [6.07, 6.45) is 1.76. The van der Waals surface area contributed by atoms with Crippen LogP contribution in [0.15, 0.2) is 82.2 Å². The third-order valence-corrected chi connectivity index (χ3v) is 8.70. The number of rotatable bonds is 12. The maximum Gasteiger partial charge on any atom is 0.264 e. The standard InChI is InChI=1S/C30H36BrN3O4S/c1-5-6-17-32-30(36)24(4)33(20-25-10-7-9-23(3)18-25)29(35)21-34(27-12-8-11-26(31)19-27)39(37,38)28-15-13-22(2)14-16-28/h7-16,18-19,24H,5-6,17,20-21H2,1-4H3,(H,32,36). The zero-order valence-electron chi connectivity index (χ0n) is 22.9. The fourth-order valence-corrected chi connectivity index (χ4v) is 5.92. The van der Waals surface area contributed by atoms with Gasteiger partial charge in [0.2, 0.25) is 11.8 Å². The van der Waals surface area contributed by atoms with Gasteiger partial charge in [0.1, 0.15) is 12.6 Å². The van der Waals surface area contributed by atoms with E-state index in [0.29, 0.717) is 16.7 Å². The molecule has 0 bridgehead atoms. The van der Waals surface area contributed by atoms with Crippen LogP contribution in [0.4, 0.5) is 5.69 Å². The quantitative estimate of drug-likeness (QED) is 0.270. The summed E-state index contributed by atoms with van der Waals surface area (Å²) >= 11 is 3.41.